The molecule has 5 nitrogen and oxygen atoms in total. The van der Waals surface area contributed by atoms with Crippen LogP contribution in [0.25, 0.3) is 0 Å². The number of halogens is 4. The minimum atomic E-state index is -4.43. The van der Waals surface area contributed by atoms with E-state index in [0.29, 0.717) is 13.1 Å². The quantitative estimate of drug-likeness (QED) is 0.807. The van der Waals surface area contributed by atoms with Gasteiger partial charge in [0, 0.05) is 37.7 Å². The van der Waals surface area contributed by atoms with Gasteiger partial charge in [-0.1, -0.05) is 0 Å². The van der Waals surface area contributed by atoms with Crippen LogP contribution in [0.3, 0.4) is 0 Å². The van der Waals surface area contributed by atoms with E-state index in [2.05, 4.69) is 5.32 Å². The van der Waals surface area contributed by atoms with Gasteiger partial charge in [-0.15, -0.1) is 12.4 Å². The van der Waals surface area contributed by atoms with Crippen LogP contribution in [0, 0.1) is 0 Å². The predicted octanol–water partition coefficient (Wildman–Crippen LogP) is 2.59. The molecule has 2 rings (SSSR count). The lowest BCUT2D eigenvalue weighted by molar-refractivity contribution is -0.137. The van der Waals surface area contributed by atoms with Crippen LogP contribution in [-0.4, -0.2) is 42.4 Å². The Morgan fingerprint density at radius 3 is 2.42 bits per heavy atom. The monoisotopic (exact) mass is 393 g/mol. The third kappa shape index (κ3) is 5.88. The van der Waals surface area contributed by atoms with Crippen molar-refractivity contribution < 1.29 is 22.8 Å². The average Bonchev–Trinajstić information content (AvgIpc) is 2.59. The van der Waals surface area contributed by atoms with E-state index >= 15 is 0 Å². The van der Waals surface area contributed by atoms with Gasteiger partial charge < -0.3 is 16.0 Å². The van der Waals surface area contributed by atoms with E-state index in [1.165, 1.54) is 12.1 Å². The van der Waals surface area contributed by atoms with Crippen molar-refractivity contribution in [2.75, 3.05) is 19.6 Å². The molecule has 146 valence electrons. The molecule has 1 unspecified atom stereocenters. The molecule has 0 aliphatic carbocycles. The van der Waals surface area contributed by atoms with Crippen LogP contribution in [0.15, 0.2) is 24.3 Å². The van der Waals surface area contributed by atoms with Crippen LogP contribution < -0.4 is 11.1 Å². The number of hydrogen-bond acceptors (Lipinski definition) is 3. The van der Waals surface area contributed by atoms with Crippen LogP contribution in [0.4, 0.5) is 13.2 Å². The Balaban J connectivity index is 0.00000338. The minimum absolute atomic E-state index is 0. The number of likely N-dealkylation sites (tertiary alicyclic amines) is 1. The van der Waals surface area contributed by atoms with Gasteiger partial charge in [-0.25, -0.2) is 0 Å². The summed E-state index contributed by atoms with van der Waals surface area (Å²) in [6.45, 7) is 1.10. The topological polar surface area (TPSA) is 75.4 Å². The van der Waals surface area contributed by atoms with E-state index in [1.807, 2.05) is 0 Å². The molecule has 1 saturated heterocycles. The fraction of sp³-hybridized carbons (Fsp3) is 0.529. The molecule has 1 aromatic carbocycles. The summed E-state index contributed by atoms with van der Waals surface area (Å²) in [5, 5.41) is 2.76. The Bertz CT molecular complexity index is 608. The first-order valence-corrected chi connectivity index (χ1v) is 8.28. The molecule has 0 bridgehead atoms. The van der Waals surface area contributed by atoms with E-state index in [4.69, 9.17) is 5.73 Å². The Labute approximate surface area is 156 Å². The molecular formula is C17H23ClF3N3O2. The molecule has 1 fully saturated rings. The van der Waals surface area contributed by atoms with Crippen molar-refractivity contribution in [3.63, 3.8) is 0 Å². The summed E-state index contributed by atoms with van der Waals surface area (Å²) in [4.78, 5) is 25.8. The van der Waals surface area contributed by atoms with Crippen molar-refractivity contribution in [2.24, 2.45) is 5.73 Å². The van der Waals surface area contributed by atoms with E-state index in [9.17, 15) is 22.8 Å². The van der Waals surface area contributed by atoms with Gasteiger partial charge in [-0.05, 0) is 43.5 Å². The largest absolute Gasteiger partial charge is 0.416 e. The van der Waals surface area contributed by atoms with Gasteiger partial charge in [0.25, 0.3) is 5.91 Å². The standard InChI is InChI=1S/C17H22F3N3O2.ClH/c18-17(19,20)13-6-4-12(5-7-13)16(25)23-10-2-1-3-14(23)11-22-15(24)8-9-21;/h4-7,14H,1-3,8-11,21H2,(H,22,24);1H. The van der Waals surface area contributed by atoms with Crippen molar-refractivity contribution >= 4 is 24.2 Å². The second-order valence-corrected chi connectivity index (χ2v) is 6.07. The van der Waals surface area contributed by atoms with Gasteiger partial charge in [0.15, 0.2) is 0 Å². The first-order valence-electron chi connectivity index (χ1n) is 8.28. The Kier molecular flexibility index (Phi) is 8.36. The van der Waals surface area contributed by atoms with Gasteiger partial charge in [0.1, 0.15) is 0 Å². The highest BCUT2D eigenvalue weighted by molar-refractivity contribution is 5.94. The molecule has 0 saturated carbocycles. The number of hydrogen-bond donors (Lipinski definition) is 2. The fourth-order valence-electron chi connectivity index (χ4n) is 2.90. The summed E-state index contributed by atoms with van der Waals surface area (Å²) in [5.74, 6) is -0.485. The maximum Gasteiger partial charge on any atom is 0.416 e. The molecule has 2 amide bonds. The summed E-state index contributed by atoms with van der Waals surface area (Å²) >= 11 is 0. The summed E-state index contributed by atoms with van der Waals surface area (Å²) < 4.78 is 37.9. The van der Waals surface area contributed by atoms with Crippen LogP contribution in [0.1, 0.15) is 41.6 Å². The van der Waals surface area contributed by atoms with Crippen LogP contribution >= 0.6 is 12.4 Å². The van der Waals surface area contributed by atoms with Crippen molar-refractivity contribution in [3.8, 4) is 0 Å². The Morgan fingerprint density at radius 1 is 1.19 bits per heavy atom. The van der Waals surface area contributed by atoms with E-state index < -0.39 is 11.7 Å². The zero-order valence-corrected chi connectivity index (χ0v) is 15.0. The van der Waals surface area contributed by atoms with E-state index in [-0.39, 0.29) is 48.8 Å². The normalized spacial score (nSPS) is 17.4. The molecule has 0 aromatic heterocycles. The molecule has 26 heavy (non-hydrogen) atoms. The Hall–Kier alpha value is -1.80. The van der Waals surface area contributed by atoms with Crippen molar-refractivity contribution in [3.05, 3.63) is 35.4 Å². The third-order valence-corrected chi connectivity index (χ3v) is 4.25. The number of benzene rings is 1. The lowest BCUT2D eigenvalue weighted by Crippen LogP contribution is -2.49. The van der Waals surface area contributed by atoms with Crippen LogP contribution in [0.2, 0.25) is 0 Å². The number of amides is 2. The number of alkyl halides is 3. The third-order valence-electron chi connectivity index (χ3n) is 4.25. The molecule has 0 spiro atoms. The maximum absolute atomic E-state index is 12.7. The summed E-state index contributed by atoms with van der Waals surface area (Å²) in [6, 6.07) is 4.06. The van der Waals surface area contributed by atoms with Gasteiger partial charge in [-0.3, -0.25) is 9.59 Å². The second kappa shape index (κ2) is 9.78. The van der Waals surface area contributed by atoms with Crippen LogP contribution in [0.5, 0.6) is 0 Å². The van der Waals surface area contributed by atoms with Gasteiger partial charge in [-0.2, -0.15) is 13.2 Å². The minimum Gasteiger partial charge on any atom is -0.354 e. The first kappa shape index (κ1) is 22.2. The van der Waals surface area contributed by atoms with Crippen molar-refractivity contribution in [1.82, 2.24) is 10.2 Å². The number of carbonyl (C=O) groups is 2. The maximum atomic E-state index is 12.7. The van der Waals surface area contributed by atoms with Crippen LogP contribution in [-0.2, 0) is 11.0 Å². The highest BCUT2D eigenvalue weighted by atomic mass is 35.5. The summed E-state index contributed by atoms with van der Waals surface area (Å²) in [6.07, 6.45) is -1.69. The number of nitrogens with zero attached hydrogens (tertiary/aromatic N) is 1. The zero-order valence-electron chi connectivity index (χ0n) is 14.2. The number of carbonyl (C=O) groups excluding carboxylic acids is 2. The average molecular weight is 394 g/mol. The van der Waals surface area contributed by atoms with E-state index in [0.717, 1.165) is 31.4 Å². The van der Waals surface area contributed by atoms with Crippen molar-refractivity contribution in [2.45, 2.75) is 37.9 Å². The first-order chi connectivity index (χ1) is 11.8. The van der Waals surface area contributed by atoms with E-state index in [1.54, 1.807) is 4.90 Å². The summed E-state index contributed by atoms with van der Waals surface area (Å²) in [7, 11) is 0. The highest BCUT2D eigenvalue weighted by Gasteiger charge is 2.31. The lowest BCUT2D eigenvalue weighted by atomic mass is 10.00. The zero-order chi connectivity index (χ0) is 18.4. The lowest BCUT2D eigenvalue weighted by Gasteiger charge is -2.36. The smallest absolute Gasteiger partial charge is 0.354 e. The number of rotatable bonds is 5. The molecular weight excluding hydrogens is 371 g/mol. The SMILES string of the molecule is Cl.NCCC(=O)NCC1CCCCN1C(=O)c1ccc(C(F)(F)F)cc1. The highest BCUT2D eigenvalue weighted by Crippen LogP contribution is 2.29. The summed E-state index contributed by atoms with van der Waals surface area (Å²) in [5.41, 5.74) is 4.76. The number of piperidine rings is 1. The molecule has 1 aliphatic rings. The number of nitrogens with one attached hydrogen (secondary N) is 1. The predicted molar refractivity (Wildman–Crippen MR) is 94.0 cm³/mol. The van der Waals surface area contributed by atoms with Gasteiger partial charge in [0.05, 0.1) is 5.56 Å². The molecule has 1 aromatic rings. The van der Waals surface area contributed by atoms with Gasteiger partial charge >= 0.3 is 6.18 Å². The van der Waals surface area contributed by atoms with Crippen molar-refractivity contribution in [1.29, 1.82) is 0 Å². The fourth-order valence-corrected chi connectivity index (χ4v) is 2.90. The molecule has 1 atom stereocenters. The molecule has 3 N–H and O–H groups in total. The molecule has 9 heteroatoms. The molecule has 1 aliphatic heterocycles. The Morgan fingerprint density at radius 2 is 1.85 bits per heavy atom. The molecule has 0 radical (unpaired) electrons. The second-order valence-electron chi connectivity index (χ2n) is 6.07. The number of nitrogens with two attached hydrogens (primary N) is 1. The van der Waals surface area contributed by atoms with Gasteiger partial charge in [0.2, 0.25) is 5.91 Å². The molecule has 1 heterocycles.